The van der Waals surface area contributed by atoms with Crippen LogP contribution in [0.2, 0.25) is 0 Å². The fourth-order valence-corrected chi connectivity index (χ4v) is 5.48. The average molecular weight is 506 g/mol. The molecule has 1 aliphatic rings. The first kappa shape index (κ1) is 24.2. The number of fused-ring (bicyclic) bond motifs is 2. The number of nitrogens with one attached hydrogen (secondary N) is 3. The smallest absolute Gasteiger partial charge is 0.137 e. The van der Waals surface area contributed by atoms with Gasteiger partial charge in [-0.1, -0.05) is 33.4 Å². The van der Waals surface area contributed by atoms with Crippen molar-refractivity contribution in [3.05, 3.63) is 67.3 Å². The molecule has 0 atom stereocenters. The summed E-state index contributed by atoms with van der Waals surface area (Å²) in [6.07, 6.45) is 10.3. The van der Waals surface area contributed by atoms with Crippen molar-refractivity contribution in [1.82, 2.24) is 25.1 Å². The Labute approximate surface area is 223 Å². The van der Waals surface area contributed by atoms with Gasteiger partial charge in [0.2, 0.25) is 0 Å². The van der Waals surface area contributed by atoms with E-state index in [0.29, 0.717) is 0 Å². The van der Waals surface area contributed by atoms with Crippen LogP contribution in [0.3, 0.4) is 0 Å². The molecule has 1 aliphatic heterocycles. The van der Waals surface area contributed by atoms with Crippen molar-refractivity contribution in [2.24, 2.45) is 5.41 Å². The van der Waals surface area contributed by atoms with Crippen LogP contribution in [0.4, 0.5) is 11.5 Å². The van der Waals surface area contributed by atoms with Crippen molar-refractivity contribution in [2.75, 3.05) is 23.3 Å². The van der Waals surface area contributed by atoms with E-state index in [1.165, 1.54) is 19.3 Å². The minimum absolute atomic E-state index is 0.172. The van der Waals surface area contributed by atoms with Crippen LogP contribution in [-0.4, -0.2) is 38.2 Å². The van der Waals surface area contributed by atoms with Gasteiger partial charge < -0.3 is 15.2 Å². The number of anilines is 2. The first-order valence-corrected chi connectivity index (χ1v) is 13.5. The second kappa shape index (κ2) is 9.63. The molecule has 5 aromatic rings. The van der Waals surface area contributed by atoms with Gasteiger partial charge in [0.05, 0.1) is 28.6 Å². The first-order chi connectivity index (χ1) is 18.3. The Morgan fingerprint density at radius 2 is 1.82 bits per heavy atom. The zero-order chi connectivity index (χ0) is 26.3. The molecule has 0 saturated carbocycles. The number of rotatable bonds is 6. The molecule has 0 amide bonds. The monoisotopic (exact) mass is 505 g/mol. The summed E-state index contributed by atoms with van der Waals surface area (Å²) in [6.45, 7) is 13.0. The number of hydrogen-bond acceptors (Lipinski definition) is 5. The fraction of sp³-hybridized carbons (Fsp3) is 0.323. The lowest BCUT2D eigenvalue weighted by atomic mass is 9.91. The Kier molecular flexibility index (Phi) is 6.14. The Morgan fingerprint density at radius 1 is 0.974 bits per heavy atom. The van der Waals surface area contributed by atoms with Crippen molar-refractivity contribution >= 4 is 33.3 Å². The molecule has 6 rings (SSSR count). The molecule has 194 valence electrons. The maximum absolute atomic E-state index is 4.75. The third-order valence-electron chi connectivity index (χ3n) is 7.14. The zero-order valence-corrected chi connectivity index (χ0v) is 22.4. The maximum Gasteiger partial charge on any atom is 0.137 e. The van der Waals surface area contributed by atoms with Gasteiger partial charge in [-0.25, -0.2) is 4.98 Å². The number of piperidine rings is 1. The van der Waals surface area contributed by atoms with Gasteiger partial charge in [-0.15, -0.1) is 0 Å². The third-order valence-corrected chi connectivity index (χ3v) is 7.14. The summed E-state index contributed by atoms with van der Waals surface area (Å²) in [7, 11) is 0. The van der Waals surface area contributed by atoms with Gasteiger partial charge in [0.25, 0.3) is 0 Å². The number of allylic oxidation sites excluding steroid dienone is 1. The zero-order valence-electron chi connectivity index (χ0n) is 22.4. The largest absolute Gasteiger partial charge is 0.358 e. The minimum Gasteiger partial charge on any atom is -0.358 e. The van der Waals surface area contributed by atoms with E-state index in [-0.39, 0.29) is 5.41 Å². The normalized spacial score (nSPS) is 14.3. The van der Waals surface area contributed by atoms with Crippen molar-refractivity contribution in [3.8, 4) is 22.5 Å². The SMILES string of the molecule is C=C(CC(C)(C)C)Nc1cncc(-c2ccc3[nH]nc(-c4cc5c(N6CCCCC6)nccc5[nH]4)c3c2)c1. The molecule has 0 spiro atoms. The summed E-state index contributed by atoms with van der Waals surface area (Å²) < 4.78 is 0. The van der Waals surface area contributed by atoms with Crippen LogP contribution in [0.1, 0.15) is 46.5 Å². The molecular weight excluding hydrogens is 470 g/mol. The molecule has 0 radical (unpaired) electrons. The van der Waals surface area contributed by atoms with Gasteiger partial charge >= 0.3 is 0 Å². The molecule has 0 aliphatic carbocycles. The van der Waals surface area contributed by atoms with Gasteiger partial charge in [-0.3, -0.25) is 10.1 Å². The number of benzene rings is 1. The Balaban J connectivity index is 1.33. The highest BCUT2D eigenvalue weighted by atomic mass is 15.2. The highest BCUT2D eigenvalue weighted by Gasteiger charge is 2.19. The Bertz CT molecular complexity index is 1610. The van der Waals surface area contributed by atoms with Gasteiger partial charge in [0.1, 0.15) is 11.5 Å². The molecule has 38 heavy (non-hydrogen) atoms. The lowest BCUT2D eigenvalue weighted by Crippen LogP contribution is -2.30. The van der Waals surface area contributed by atoms with Gasteiger partial charge in [0, 0.05) is 47.5 Å². The van der Waals surface area contributed by atoms with E-state index in [9.17, 15) is 0 Å². The number of nitrogens with zero attached hydrogens (tertiary/aromatic N) is 4. The molecule has 0 bridgehead atoms. The lowest BCUT2D eigenvalue weighted by molar-refractivity contribution is 0.411. The van der Waals surface area contributed by atoms with Crippen molar-refractivity contribution < 1.29 is 0 Å². The van der Waals surface area contributed by atoms with Crippen LogP contribution in [-0.2, 0) is 0 Å². The number of pyridine rings is 2. The topological polar surface area (TPSA) is 85.5 Å². The highest BCUT2D eigenvalue weighted by molar-refractivity contribution is 6.00. The average Bonchev–Trinajstić information content (AvgIpc) is 3.51. The summed E-state index contributed by atoms with van der Waals surface area (Å²) in [5.41, 5.74) is 8.21. The summed E-state index contributed by atoms with van der Waals surface area (Å²) in [5.74, 6) is 1.06. The highest BCUT2D eigenvalue weighted by Crippen LogP contribution is 2.35. The van der Waals surface area contributed by atoms with E-state index in [4.69, 9.17) is 10.1 Å². The van der Waals surface area contributed by atoms with E-state index in [1.54, 1.807) is 0 Å². The molecule has 7 heteroatoms. The lowest BCUT2D eigenvalue weighted by Gasteiger charge is -2.28. The van der Waals surface area contributed by atoms with E-state index in [2.05, 4.69) is 83.0 Å². The van der Waals surface area contributed by atoms with Crippen molar-refractivity contribution in [2.45, 2.75) is 46.5 Å². The van der Waals surface area contributed by atoms with E-state index < -0.39 is 0 Å². The first-order valence-electron chi connectivity index (χ1n) is 13.5. The summed E-state index contributed by atoms with van der Waals surface area (Å²) in [6, 6.07) is 12.8. The third kappa shape index (κ3) is 4.88. The molecular formula is C31H35N7. The predicted molar refractivity (Wildman–Crippen MR) is 157 cm³/mol. The molecule has 7 nitrogen and oxygen atoms in total. The summed E-state index contributed by atoms with van der Waals surface area (Å²) in [5, 5.41) is 13.6. The molecule has 4 aromatic heterocycles. The maximum atomic E-state index is 4.75. The summed E-state index contributed by atoms with van der Waals surface area (Å²) >= 11 is 0. The second-order valence-corrected chi connectivity index (χ2v) is 11.6. The minimum atomic E-state index is 0.172. The van der Waals surface area contributed by atoms with E-state index in [1.807, 2.05) is 24.7 Å². The quantitative estimate of drug-likeness (QED) is 0.222. The van der Waals surface area contributed by atoms with Crippen molar-refractivity contribution in [1.29, 1.82) is 0 Å². The molecule has 0 unspecified atom stereocenters. The molecule has 1 saturated heterocycles. The van der Waals surface area contributed by atoms with E-state index >= 15 is 0 Å². The van der Waals surface area contributed by atoms with Gasteiger partial charge in [0.15, 0.2) is 0 Å². The van der Waals surface area contributed by atoms with Crippen LogP contribution in [0.15, 0.2) is 67.3 Å². The molecule has 3 N–H and O–H groups in total. The van der Waals surface area contributed by atoms with Crippen LogP contribution >= 0.6 is 0 Å². The van der Waals surface area contributed by atoms with Crippen LogP contribution in [0.5, 0.6) is 0 Å². The van der Waals surface area contributed by atoms with Gasteiger partial charge in [-0.05, 0) is 67.0 Å². The van der Waals surface area contributed by atoms with Gasteiger partial charge in [-0.2, -0.15) is 5.10 Å². The van der Waals surface area contributed by atoms with Crippen LogP contribution in [0, 0.1) is 5.41 Å². The number of aromatic nitrogens is 5. The second-order valence-electron chi connectivity index (χ2n) is 11.6. The van der Waals surface area contributed by atoms with Crippen LogP contribution in [0.25, 0.3) is 44.3 Å². The Morgan fingerprint density at radius 3 is 2.63 bits per heavy atom. The number of hydrogen-bond donors (Lipinski definition) is 3. The standard InChI is InChI=1S/C31H35N7/c1-20(17-31(2,3)4)34-23-14-22(18-32-19-23)21-8-9-27-24(15-21)29(37-36-27)28-16-25-26(35-28)10-11-33-30(25)38-12-6-5-7-13-38/h8-11,14-16,18-19,34-35H,1,5-7,12-13,17H2,2-4H3,(H,36,37). The van der Waals surface area contributed by atoms with E-state index in [0.717, 1.165) is 81.0 Å². The van der Waals surface area contributed by atoms with Crippen molar-refractivity contribution in [3.63, 3.8) is 0 Å². The summed E-state index contributed by atoms with van der Waals surface area (Å²) in [4.78, 5) is 15.3. The molecule has 1 aromatic carbocycles. The number of aromatic amines is 2. The predicted octanol–water partition coefficient (Wildman–Crippen LogP) is 7.52. The number of H-pyrrole nitrogens is 2. The fourth-order valence-electron chi connectivity index (χ4n) is 5.48. The van der Waals surface area contributed by atoms with Crippen LogP contribution < -0.4 is 10.2 Å². The molecule has 1 fully saturated rings. The Hall–Kier alpha value is -4.13. The molecule has 5 heterocycles.